The number of thiophene rings is 1. The normalized spacial score (nSPS) is 15.1. The van der Waals surface area contributed by atoms with Crippen molar-refractivity contribution < 1.29 is 23.6 Å². The number of hydrogen-bond donors (Lipinski definition) is 2. The third-order valence-electron chi connectivity index (χ3n) is 6.72. The van der Waals surface area contributed by atoms with Gasteiger partial charge >= 0.3 is 0 Å². The number of nitrogens with zero attached hydrogens (tertiary/aromatic N) is 2. The Balaban J connectivity index is 1.68. The number of hydrogen-bond acceptors (Lipinski definition) is 5. The van der Waals surface area contributed by atoms with Gasteiger partial charge in [0.1, 0.15) is 4.88 Å². The van der Waals surface area contributed by atoms with Crippen molar-refractivity contribution in [1.29, 1.82) is 0 Å². The molecule has 1 aromatic carbocycles. The Morgan fingerprint density at radius 3 is 2.36 bits per heavy atom. The topological polar surface area (TPSA) is 87.7 Å². The molecular weight excluding hydrogens is 476 g/mol. The van der Waals surface area contributed by atoms with Crippen LogP contribution in [0.3, 0.4) is 0 Å². The average molecular weight is 516 g/mol. The van der Waals surface area contributed by atoms with Crippen molar-refractivity contribution in [3.05, 3.63) is 51.7 Å². The van der Waals surface area contributed by atoms with E-state index in [2.05, 4.69) is 10.6 Å². The monoisotopic (exact) mass is 515 g/mol. The fourth-order valence-corrected chi connectivity index (χ4v) is 5.63. The van der Waals surface area contributed by atoms with E-state index in [1.165, 1.54) is 11.3 Å². The van der Waals surface area contributed by atoms with Crippen LogP contribution in [0.5, 0.6) is 0 Å². The maximum absolute atomic E-state index is 13.3. The zero-order valence-corrected chi connectivity index (χ0v) is 22.5. The molecular formula is C27H39N4O4S+. The summed E-state index contributed by atoms with van der Waals surface area (Å²) in [7, 11) is 3.33. The van der Waals surface area contributed by atoms with Crippen molar-refractivity contribution in [2.24, 2.45) is 0 Å². The summed E-state index contributed by atoms with van der Waals surface area (Å²) < 4.78 is 5.52. The molecule has 196 valence electrons. The van der Waals surface area contributed by atoms with Gasteiger partial charge in [-0.3, -0.25) is 14.4 Å². The van der Waals surface area contributed by atoms with E-state index >= 15 is 0 Å². The second kappa shape index (κ2) is 13.5. The van der Waals surface area contributed by atoms with E-state index < -0.39 is 0 Å². The molecule has 8 nitrogen and oxygen atoms in total. The van der Waals surface area contributed by atoms with Crippen LogP contribution in [-0.4, -0.2) is 80.6 Å². The molecule has 1 saturated heterocycles. The Morgan fingerprint density at radius 1 is 1.03 bits per heavy atom. The van der Waals surface area contributed by atoms with Crippen molar-refractivity contribution in [2.45, 2.75) is 39.2 Å². The van der Waals surface area contributed by atoms with Gasteiger partial charge in [0.2, 0.25) is 0 Å². The van der Waals surface area contributed by atoms with E-state index in [9.17, 15) is 14.4 Å². The van der Waals surface area contributed by atoms with Crippen molar-refractivity contribution in [3.8, 4) is 0 Å². The number of carbonyl (C=O) groups is 3. The molecule has 3 rings (SSSR count). The number of quaternary nitrogens is 1. The van der Waals surface area contributed by atoms with Crippen LogP contribution in [0.1, 0.15) is 46.5 Å². The predicted octanol–water partition coefficient (Wildman–Crippen LogP) is 3.42. The van der Waals surface area contributed by atoms with E-state index in [0.717, 1.165) is 49.9 Å². The minimum Gasteiger partial charge on any atom is -0.383 e. The molecule has 1 aliphatic heterocycles. The van der Waals surface area contributed by atoms with Crippen LogP contribution >= 0.6 is 11.3 Å². The maximum atomic E-state index is 13.3. The van der Waals surface area contributed by atoms with Gasteiger partial charge in [0, 0.05) is 27.2 Å². The third kappa shape index (κ3) is 7.88. The lowest BCUT2D eigenvalue weighted by Gasteiger charge is -2.36. The Hall–Kier alpha value is -2.75. The summed E-state index contributed by atoms with van der Waals surface area (Å²) in [5, 5.41) is 7.94. The number of likely N-dealkylation sites (N-methyl/N-ethyl adjacent to an activating group) is 1. The molecule has 9 heteroatoms. The van der Waals surface area contributed by atoms with Crippen LogP contribution in [-0.2, 0) is 20.9 Å². The smallest absolute Gasteiger partial charge is 0.279 e. The maximum Gasteiger partial charge on any atom is 0.279 e. The van der Waals surface area contributed by atoms with Gasteiger partial charge in [-0.2, -0.15) is 0 Å². The standard InChI is InChI=1S/C27H38N4O4S/c1-21-20-36-26(27(34)30(2)13-16-35-3)25(21)29-24(33)19-31(14-9-4-5-10-15-31)18-23(32)28-17-22-11-7-6-8-12-22/h6-8,11-12,20H,4-5,9-10,13-19H2,1-3H3,(H-,28,29,32,33,34)/p+1. The summed E-state index contributed by atoms with van der Waals surface area (Å²) in [6.45, 7) is 5.35. The highest BCUT2D eigenvalue weighted by atomic mass is 32.1. The molecule has 0 unspecified atom stereocenters. The molecule has 1 aliphatic rings. The molecule has 2 N–H and O–H groups in total. The van der Waals surface area contributed by atoms with Crippen LogP contribution < -0.4 is 10.6 Å². The summed E-state index contributed by atoms with van der Waals surface area (Å²) in [6.07, 6.45) is 4.21. The van der Waals surface area contributed by atoms with Crippen LogP contribution in [0.15, 0.2) is 35.7 Å². The molecule has 1 aromatic heterocycles. The Kier molecular flexibility index (Phi) is 10.5. The highest BCUT2D eigenvalue weighted by molar-refractivity contribution is 7.13. The highest BCUT2D eigenvalue weighted by Crippen LogP contribution is 2.29. The lowest BCUT2D eigenvalue weighted by molar-refractivity contribution is -0.912. The summed E-state index contributed by atoms with van der Waals surface area (Å²) >= 11 is 1.34. The molecule has 0 bridgehead atoms. The summed E-state index contributed by atoms with van der Waals surface area (Å²) in [5.41, 5.74) is 2.48. The summed E-state index contributed by atoms with van der Waals surface area (Å²) in [5.74, 6) is -0.349. The Labute approximate surface area is 218 Å². The zero-order chi connectivity index (χ0) is 26.0. The lowest BCUT2D eigenvalue weighted by Crippen LogP contribution is -2.57. The number of rotatable bonds is 11. The number of amides is 3. The number of aryl methyl sites for hydroxylation is 1. The van der Waals surface area contributed by atoms with Crippen LogP contribution in [0.25, 0.3) is 0 Å². The van der Waals surface area contributed by atoms with E-state index in [1.807, 2.05) is 42.6 Å². The molecule has 0 atom stereocenters. The van der Waals surface area contributed by atoms with E-state index in [1.54, 1.807) is 19.1 Å². The second-order valence-corrected chi connectivity index (χ2v) is 10.6. The number of anilines is 1. The summed E-state index contributed by atoms with van der Waals surface area (Å²) in [6, 6.07) is 9.83. The Morgan fingerprint density at radius 2 is 1.69 bits per heavy atom. The average Bonchev–Trinajstić information content (AvgIpc) is 3.07. The lowest BCUT2D eigenvalue weighted by atomic mass is 10.2. The number of carbonyl (C=O) groups excluding carboxylic acids is 3. The van der Waals surface area contributed by atoms with Gasteiger partial charge in [-0.15, -0.1) is 11.3 Å². The number of benzene rings is 1. The minimum atomic E-state index is -0.164. The van der Waals surface area contributed by atoms with Crippen LogP contribution in [0.4, 0.5) is 5.69 Å². The minimum absolute atomic E-state index is 0.0455. The van der Waals surface area contributed by atoms with Crippen molar-refractivity contribution in [1.82, 2.24) is 10.2 Å². The first-order valence-corrected chi connectivity index (χ1v) is 13.5. The van der Waals surface area contributed by atoms with Gasteiger partial charge in [0.05, 0.1) is 25.4 Å². The fourth-order valence-electron chi connectivity index (χ4n) is 4.63. The van der Waals surface area contributed by atoms with Gasteiger partial charge in [-0.1, -0.05) is 30.3 Å². The number of likely N-dealkylation sites (tertiary alicyclic amines) is 1. The van der Waals surface area contributed by atoms with Crippen molar-refractivity contribution in [2.75, 3.05) is 58.8 Å². The van der Waals surface area contributed by atoms with Gasteiger partial charge < -0.3 is 24.8 Å². The number of ether oxygens (including phenoxy) is 1. The molecule has 0 aliphatic carbocycles. The Bertz CT molecular complexity index is 1020. The van der Waals surface area contributed by atoms with Crippen LogP contribution in [0, 0.1) is 6.92 Å². The zero-order valence-electron chi connectivity index (χ0n) is 21.7. The number of nitrogens with one attached hydrogen (secondary N) is 2. The predicted molar refractivity (Wildman–Crippen MR) is 143 cm³/mol. The largest absolute Gasteiger partial charge is 0.383 e. The van der Waals surface area contributed by atoms with Gasteiger partial charge in [-0.25, -0.2) is 0 Å². The summed E-state index contributed by atoms with van der Waals surface area (Å²) in [4.78, 5) is 41.4. The van der Waals surface area contributed by atoms with E-state index in [4.69, 9.17) is 4.74 Å². The molecule has 0 radical (unpaired) electrons. The molecule has 0 spiro atoms. The first kappa shape index (κ1) is 27.8. The quantitative estimate of drug-likeness (QED) is 0.449. The number of methoxy groups -OCH3 is 1. The molecule has 1 fully saturated rings. The van der Waals surface area contributed by atoms with Gasteiger partial charge in [-0.05, 0) is 49.1 Å². The molecule has 2 heterocycles. The molecule has 0 saturated carbocycles. The van der Waals surface area contributed by atoms with Crippen LogP contribution in [0.2, 0.25) is 0 Å². The van der Waals surface area contributed by atoms with Crippen molar-refractivity contribution in [3.63, 3.8) is 0 Å². The first-order chi connectivity index (χ1) is 17.3. The third-order valence-corrected chi connectivity index (χ3v) is 7.80. The molecule has 3 amide bonds. The van der Waals surface area contributed by atoms with Gasteiger partial charge in [0.15, 0.2) is 13.1 Å². The molecule has 36 heavy (non-hydrogen) atoms. The molecule has 2 aromatic rings. The first-order valence-electron chi connectivity index (χ1n) is 12.6. The van der Waals surface area contributed by atoms with Crippen molar-refractivity contribution >= 4 is 34.7 Å². The SMILES string of the molecule is COCCN(C)C(=O)c1scc(C)c1NC(=O)C[N+]1(CC(=O)NCc2ccccc2)CCCCCC1. The van der Waals surface area contributed by atoms with E-state index in [0.29, 0.717) is 34.7 Å². The highest BCUT2D eigenvalue weighted by Gasteiger charge is 2.34. The second-order valence-electron chi connectivity index (χ2n) is 9.67. The fraction of sp³-hybridized carbons (Fsp3) is 0.519. The van der Waals surface area contributed by atoms with E-state index in [-0.39, 0.29) is 30.8 Å². The van der Waals surface area contributed by atoms with Gasteiger partial charge in [0.25, 0.3) is 17.7 Å².